The highest BCUT2D eigenvalue weighted by atomic mass is 35.5. The van der Waals surface area contributed by atoms with Gasteiger partial charge in [0.1, 0.15) is 0 Å². The highest BCUT2D eigenvalue weighted by molar-refractivity contribution is 6.36. The van der Waals surface area contributed by atoms with E-state index in [1.807, 2.05) is 6.92 Å². The largest absolute Gasteiger partial charge is 0.328 e. The second-order valence-electron chi connectivity index (χ2n) is 5.77. The summed E-state index contributed by atoms with van der Waals surface area (Å²) >= 11 is 12.2. The molecule has 130 valence electrons. The predicted molar refractivity (Wildman–Crippen MR) is 95.7 cm³/mol. The summed E-state index contributed by atoms with van der Waals surface area (Å²) in [6.07, 6.45) is 1.61. The van der Waals surface area contributed by atoms with E-state index in [4.69, 9.17) is 28.9 Å². The Bertz CT molecular complexity index is 923. The van der Waals surface area contributed by atoms with E-state index in [1.165, 1.54) is 6.07 Å². The van der Waals surface area contributed by atoms with Gasteiger partial charge in [-0.3, -0.25) is 0 Å². The van der Waals surface area contributed by atoms with Crippen LogP contribution in [0.2, 0.25) is 10.0 Å². The monoisotopic (exact) mass is 381 g/mol. The van der Waals surface area contributed by atoms with Gasteiger partial charge in [-0.05, 0) is 42.8 Å². The number of nitrogens with zero attached hydrogens (tertiary/aromatic N) is 2. The first-order valence-electron chi connectivity index (χ1n) is 7.56. The number of imidazole rings is 1. The van der Waals surface area contributed by atoms with Crippen molar-refractivity contribution >= 4 is 23.2 Å². The minimum absolute atomic E-state index is 0.312. The molecule has 3 nitrogen and oxygen atoms in total. The normalized spacial score (nSPS) is 12.4. The molecule has 1 heterocycles. The molecule has 0 saturated heterocycles. The molecule has 3 rings (SSSR count). The molecule has 1 aromatic heterocycles. The average molecular weight is 382 g/mol. The first kappa shape index (κ1) is 17.9. The molecule has 0 saturated carbocycles. The summed E-state index contributed by atoms with van der Waals surface area (Å²) < 4.78 is 28.4. The summed E-state index contributed by atoms with van der Waals surface area (Å²) in [4.78, 5) is 4.42. The SMILES string of the molecule is CC(N)c1c(-c2ccc(Cl)cc2Cl)ncn1Cc1ccc(F)c(F)c1. The summed E-state index contributed by atoms with van der Waals surface area (Å²) in [5, 5.41) is 0.991. The Morgan fingerprint density at radius 2 is 1.88 bits per heavy atom. The molecule has 2 N–H and O–H groups in total. The van der Waals surface area contributed by atoms with Gasteiger partial charge >= 0.3 is 0 Å². The van der Waals surface area contributed by atoms with E-state index < -0.39 is 11.6 Å². The lowest BCUT2D eigenvalue weighted by molar-refractivity contribution is 0.506. The quantitative estimate of drug-likeness (QED) is 0.674. The fraction of sp³-hybridized carbons (Fsp3) is 0.167. The van der Waals surface area contributed by atoms with E-state index >= 15 is 0 Å². The van der Waals surface area contributed by atoms with Crippen molar-refractivity contribution in [2.45, 2.75) is 19.5 Å². The lowest BCUT2D eigenvalue weighted by Gasteiger charge is -2.14. The highest BCUT2D eigenvalue weighted by Crippen LogP contribution is 2.33. The van der Waals surface area contributed by atoms with E-state index in [1.54, 1.807) is 29.1 Å². The van der Waals surface area contributed by atoms with Crippen molar-refractivity contribution in [3.8, 4) is 11.3 Å². The molecular formula is C18H15Cl2F2N3. The maximum Gasteiger partial charge on any atom is 0.159 e. The fourth-order valence-electron chi connectivity index (χ4n) is 2.72. The Kier molecular flexibility index (Phi) is 5.08. The molecule has 7 heteroatoms. The fourth-order valence-corrected chi connectivity index (χ4v) is 3.22. The van der Waals surface area contributed by atoms with Crippen LogP contribution in [0.15, 0.2) is 42.7 Å². The Morgan fingerprint density at radius 3 is 2.52 bits per heavy atom. The molecule has 0 spiro atoms. The van der Waals surface area contributed by atoms with Gasteiger partial charge in [-0.15, -0.1) is 0 Å². The van der Waals surface area contributed by atoms with Crippen molar-refractivity contribution in [3.63, 3.8) is 0 Å². The van der Waals surface area contributed by atoms with E-state index in [-0.39, 0.29) is 6.04 Å². The molecular weight excluding hydrogens is 367 g/mol. The van der Waals surface area contributed by atoms with E-state index in [9.17, 15) is 8.78 Å². The lowest BCUT2D eigenvalue weighted by Crippen LogP contribution is -2.14. The number of nitrogens with two attached hydrogens (primary N) is 1. The van der Waals surface area contributed by atoms with Crippen LogP contribution < -0.4 is 5.73 Å². The summed E-state index contributed by atoms with van der Waals surface area (Å²) in [7, 11) is 0. The molecule has 0 bridgehead atoms. The van der Waals surface area contributed by atoms with Gasteiger partial charge in [0.2, 0.25) is 0 Å². The van der Waals surface area contributed by atoms with Gasteiger partial charge < -0.3 is 10.3 Å². The van der Waals surface area contributed by atoms with Gasteiger partial charge in [-0.2, -0.15) is 0 Å². The van der Waals surface area contributed by atoms with Crippen LogP contribution in [0.4, 0.5) is 8.78 Å². The van der Waals surface area contributed by atoms with Crippen LogP contribution in [0.5, 0.6) is 0 Å². The second kappa shape index (κ2) is 7.12. The minimum atomic E-state index is -0.888. The standard InChI is InChI=1S/C18H15Cl2F2N3/c1-10(23)18-17(13-4-3-12(19)7-14(13)20)24-9-25(18)8-11-2-5-15(21)16(22)6-11/h2-7,9-10H,8,23H2,1H3. The lowest BCUT2D eigenvalue weighted by atomic mass is 10.1. The van der Waals surface area contributed by atoms with Gasteiger partial charge in [-0.25, -0.2) is 13.8 Å². The Balaban J connectivity index is 2.04. The zero-order valence-corrected chi connectivity index (χ0v) is 14.8. The number of rotatable bonds is 4. The van der Waals surface area contributed by atoms with Crippen molar-refractivity contribution in [2.75, 3.05) is 0 Å². The van der Waals surface area contributed by atoms with Gasteiger partial charge in [0.25, 0.3) is 0 Å². The second-order valence-corrected chi connectivity index (χ2v) is 6.61. The Morgan fingerprint density at radius 1 is 1.12 bits per heavy atom. The van der Waals surface area contributed by atoms with Gasteiger partial charge in [0.15, 0.2) is 11.6 Å². The minimum Gasteiger partial charge on any atom is -0.328 e. The zero-order valence-electron chi connectivity index (χ0n) is 13.3. The van der Waals surface area contributed by atoms with Gasteiger partial charge in [0, 0.05) is 23.2 Å². The number of benzene rings is 2. The molecule has 0 amide bonds. The maximum atomic E-state index is 13.4. The summed E-state index contributed by atoms with van der Waals surface area (Å²) in [5.41, 5.74) is 8.82. The summed E-state index contributed by atoms with van der Waals surface area (Å²) in [6, 6.07) is 8.59. The van der Waals surface area contributed by atoms with E-state index in [0.717, 1.165) is 17.8 Å². The molecule has 2 aromatic carbocycles. The van der Waals surface area contributed by atoms with Crippen LogP contribution >= 0.6 is 23.2 Å². The van der Waals surface area contributed by atoms with Crippen LogP contribution in [0, 0.1) is 11.6 Å². The molecule has 0 fully saturated rings. The van der Waals surface area contributed by atoms with Crippen LogP contribution in [-0.2, 0) is 6.54 Å². The summed E-state index contributed by atoms with van der Waals surface area (Å²) in [6.45, 7) is 2.14. The molecule has 0 aliphatic heterocycles. The van der Waals surface area contributed by atoms with Crippen LogP contribution in [0.25, 0.3) is 11.3 Å². The molecule has 25 heavy (non-hydrogen) atoms. The number of hydrogen-bond donors (Lipinski definition) is 1. The molecule has 0 radical (unpaired) electrons. The molecule has 3 aromatic rings. The molecule has 0 aliphatic rings. The maximum absolute atomic E-state index is 13.4. The zero-order chi connectivity index (χ0) is 18.1. The highest BCUT2D eigenvalue weighted by Gasteiger charge is 2.19. The molecule has 1 unspecified atom stereocenters. The van der Waals surface area contributed by atoms with Crippen LogP contribution in [0.1, 0.15) is 24.2 Å². The van der Waals surface area contributed by atoms with E-state index in [2.05, 4.69) is 4.98 Å². The summed E-state index contributed by atoms with van der Waals surface area (Å²) in [5.74, 6) is -1.77. The third-order valence-corrected chi connectivity index (χ3v) is 4.38. The van der Waals surface area contributed by atoms with Crippen LogP contribution in [0.3, 0.4) is 0 Å². The predicted octanol–water partition coefficient (Wildman–Crippen LogP) is 5.20. The van der Waals surface area contributed by atoms with Crippen LogP contribution in [-0.4, -0.2) is 9.55 Å². The third-order valence-electron chi connectivity index (χ3n) is 3.83. The molecule has 1 atom stereocenters. The molecule has 0 aliphatic carbocycles. The number of aromatic nitrogens is 2. The van der Waals surface area contributed by atoms with Crippen molar-refractivity contribution in [2.24, 2.45) is 5.73 Å². The third kappa shape index (κ3) is 3.68. The van der Waals surface area contributed by atoms with Crippen molar-refractivity contribution < 1.29 is 8.78 Å². The van der Waals surface area contributed by atoms with Crippen molar-refractivity contribution in [3.05, 3.63) is 75.7 Å². The Hall–Kier alpha value is -1.95. The van der Waals surface area contributed by atoms with Crippen molar-refractivity contribution in [1.82, 2.24) is 9.55 Å². The Labute approximate surface area is 154 Å². The average Bonchev–Trinajstić information content (AvgIpc) is 2.94. The van der Waals surface area contributed by atoms with Crippen molar-refractivity contribution in [1.29, 1.82) is 0 Å². The van der Waals surface area contributed by atoms with Gasteiger partial charge in [0.05, 0.1) is 22.7 Å². The van der Waals surface area contributed by atoms with E-state index in [0.29, 0.717) is 33.4 Å². The topological polar surface area (TPSA) is 43.8 Å². The first-order chi connectivity index (χ1) is 11.9. The first-order valence-corrected chi connectivity index (χ1v) is 8.32. The smallest absolute Gasteiger partial charge is 0.159 e. The number of halogens is 4. The number of hydrogen-bond acceptors (Lipinski definition) is 2. The van der Waals surface area contributed by atoms with Gasteiger partial charge in [-0.1, -0.05) is 29.3 Å².